The van der Waals surface area contributed by atoms with Gasteiger partial charge in [-0.15, -0.1) is 0 Å². The number of aromatic nitrogens is 2. The average molecular weight is 620 g/mol. The number of carbonyl (C=O) groups is 1. The molecule has 0 saturated carbocycles. The number of halogens is 1. The van der Waals surface area contributed by atoms with Crippen molar-refractivity contribution in [1.29, 1.82) is 0 Å². The highest BCUT2D eigenvalue weighted by Crippen LogP contribution is 2.38. The minimum Gasteiger partial charge on any atom is -0.494 e. The Morgan fingerprint density at radius 3 is 2.39 bits per heavy atom. The van der Waals surface area contributed by atoms with Crippen LogP contribution in [0.5, 0.6) is 17.2 Å². The van der Waals surface area contributed by atoms with E-state index in [1.165, 1.54) is 10.9 Å². The third-order valence-electron chi connectivity index (χ3n) is 6.84. The van der Waals surface area contributed by atoms with E-state index < -0.39 is 12.1 Å². The maximum absolute atomic E-state index is 13.8. The van der Waals surface area contributed by atoms with Gasteiger partial charge >= 0.3 is 5.97 Å². The zero-order valence-electron chi connectivity index (χ0n) is 26.1. The number of ether oxygens (including phenoxy) is 4. The highest BCUT2D eigenvalue weighted by atomic mass is 35.5. The fourth-order valence-corrected chi connectivity index (χ4v) is 4.99. The van der Waals surface area contributed by atoms with Crippen LogP contribution in [0.1, 0.15) is 64.2 Å². The Hall–Kier alpha value is -4.37. The molecule has 0 bridgehead atoms. The van der Waals surface area contributed by atoms with Crippen molar-refractivity contribution in [2.75, 3.05) is 19.8 Å². The molecule has 0 aliphatic heterocycles. The van der Waals surface area contributed by atoms with Gasteiger partial charge in [0.25, 0.3) is 5.56 Å². The van der Waals surface area contributed by atoms with Gasteiger partial charge in [-0.3, -0.25) is 4.79 Å². The van der Waals surface area contributed by atoms with Crippen molar-refractivity contribution in [2.45, 2.75) is 60.5 Å². The summed E-state index contributed by atoms with van der Waals surface area (Å²) in [7, 11) is 0. The number of benzene rings is 3. The van der Waals surface area contributed by atoms with Gasteiger partial charge in [0.2, 0.25) is 0 Å². The molecule has 0 aliphatic carbocycles. The molecule has 0 N–H and O–H groups in total. The van der Waals surface area contributed by atoms with Gasteiger partial charge in [-0.1, -0.05) is 37.6 Å². The van der Waals surface area contributed by atoms with Crippen LogP contribution in [0.3, 0.4) is 0 Å². The molecule has 4 aromatic rings. The van der Waals surface area contributed by atoms with Crippen molar-refractivity contribution in [1.82, 2.24) is 9.66 Å². The zero-order chi connectivity index (χ0) is 32.0. The minimum atomic E-state index is -0.899. The lowest BCUT2D eigenvalue weighted by Crippen LogP contribution is -2.26. The molecule has 3 aromatic carbocycles. The van der Waals surface area contributed by atoms with Crippen LogP contribution < -0.4 is 19.8 Å². The fourth-order valence-electron chi connectivity index (χ4n) is 4.72. The van der Waals surface area contributed by atoms with Crippen LogP contribution in [-0.4, -0.2) is 47.8 Å². The number of aryl methyl sites for hydroxylation is 1. The number of fused-ring (bicyclic) bond motifs is 1. The molecule has 1 heterocycles. The van der Waals surface area contributed by atoms with Crippen LogP contribution >= 0.6 is 11.6 Å². The quantitative estimate of drug-likeness (QED) is 0.122. The molecule has 44 heavy (non-hydrogen) atoms. The standard InChI is InChI=1S/C34H38ClN3O6/c1-8-41-29-15-21(6)26(18-25(29)20(4)5)32-37-28-14-12-11-13-24(28)33(39)38(32)36-19-23-16-27(35)31(30(17-23)42-9-2)44-22(7)34(40)43-10-3/h11-20,22H,8-10H2,1-7H3/t22-/m1/s1. The fraction of sp³-hybridized carbons (Fsp3) is 0.353. The maximum atomic E-state index is 13.8. The number of nitrogens with zero attached hydrogens (tertiary/aromatic N) is 3. The molecule has 0 saturated heterocycles. The number of para-hydroxylation sites is 1. The summed E-state index contributed by atoms with van der Waals surface area (Å²) in [6.45, 7) is 14.3. The Bertz CT molecular complexity index is 1750. The molecule has 10 heteroatoms. The van der Waals surface area contributed by atoms with Gasteiger partial charge in [0.1, 0.15) is 5.75 Å². The highest BCUT2D eigenvalue weighted by molar-refractivity contribution is 6.32. The first-order chi connectivity index (χ1) is 21.1. The van der Waals surface area contributed by atoms with Crippen LogP contribution in [0.2, 0.25) is 5.02 Å². The summed E-state index contributed by atoms with van der Waals surface area (Å²) >= 11 is 6.61. The van der Waals surface area contributed by atoms with Crippen molar-refractivity contribution >= 4 is 34.7 Å². The number of carbonyl (C=O) groups excluding carboxylic acids is 1. The van der Waals surface area contributed by atoms with Gasteiger partial charge in [0.05, 0.1) is 42.0 Å². The maximum Gasteiger partial charge on any atom is 0.347 e. The van der Waals surface area contributed by atoms with E-state index in [2.05, 4.69) is 18.9 Å². The normalized spacial score (nSPS) is 12.1. The second kappa shape index (κ2) is 14.4. The SMILES string of the molecule is CCOC(=O)[C@@H](C)Oc1c(Cl)cc(C=Nn2c(-c3cc(C(C)C)c(OCC)cc3C)nc3ccccc3c2=O)cc1OCC. The number of rotatable bonds is 12. The summed E-state index contributed by atoms with van der Waals surface area (Å²) in [4.78, 5) is 30.9. The molecule has 0 unspecified atom stereocenters. The van der Waals surface area contributed by atoms with Crippen LogP contribution in [0.4, 0.5) is 0 Å². The highest BCUT2D eigenvalue weighted by Gasteiger charge is 2.22. The van der Waals surface area contributed by atoms with E-state index in [1.807, 2.05) is 45.0 Å². The molecule has 232 valence electrons. The van der Waals surface area contributed by atoms with Gasteiger partial charge in [0, 0.05) is 5.56 Å². The smallest absolute Gasteiger partial charge is 0.347 e. The van der Waals surface area contributed by atoms with E-state index in [9.17, 15) is 9.59 Å². The van der Waals surface area contributed by atoms with E-state index in [0.29, 0.717) is 41.3 Å². The molecule has 0 aliphatic rings. The summed E-state index contributed by atoms with van der Waals surface area (Å²) in [5, 5.41) is 5.26. The minimum absolute atomic E-state index is 0.173. The summed E-state index contributed by atoms with van der Waals surface area (Å²) < 4.78 is 23.9. The Balaban J connectivity index is 1.86. The zero-order valence-corrected chi connectivity index (χ0v) is 26.9. The lowest BCUT2D eigenvalue weighted by Gasteiger charge is -2.18. The van der Waals surface area contributed by atoms with E-state index in [4.69, 9.17) is 35.5 Å². The molecular weight excluding hydrogens is 582 g/mol. The molecule has 1 aromatic heterocycles. The van der Waals surface area contributed by atoms with E-state index in [1.54, 1.807) is 38.1 Å². The van der Waals surface area contributed by atoms with Gasteiger partial charge in [0.15, 0.2) is 23.4 Å². The first-order valence-corrected chi connectivity index (χ1v) is 15.1. The lowest BCUT2D eigenvalue weighted by molar-refractivity contribution is -0.150. The second-order valence-electron chi connectivity index (χ2n) is 10.4. The first kappa shape index (κ1) is 32.5. The number of hydrogen-bond acceptors (Lipinski definition) is 8. The van der Waals surface area contributed by atoms with Crippen molar-refractivity contribution in [3.63, 3.8) is 0 Å². The molecule has 0 fully saturated rings. The Morgan fingerprint density at radius 2 is 1.70 bits per heavy atom. The average Bonchev–Trinajstić information content (AvgIpc) is 2.98. The molecule has 1 atom stereocenters. The van der Waals surface area contributed by atoms with Crippen molar-refractivity contribution in [2.24, 2.45) is 5.10 Å². The van der Waals surface area contributed by atoms with Gasteiger partial charge in [-0.25, -0.2) is 9.78 Å². The predicted octanol–water partition coefficient (Wildman–Crippen LogP) is 7.16. The van der Waals surface area contributed by atoms with Gasteiger partial charge < -0.3 is 18.9 Å². The largest absolute Gasteiger partial charge is 0.494 e. The van der Waals surface area contributed by atoms with Gasteiger partial charge in [-0.05, 0) is 93.6 Å². The summed E-state index contributed by atoms with van der Waals surface area (Å²) in [5.74, 6) is 1.39. The topological polar surface area (TPSA) is 101 Å². The van der Waals surface area contributed by atoms with E-state index in [0.717, 1.165) is 22.4 Å². The monoisotopic (exact) mass is 619 g/mol. The van der Waals surface area contributed by atoms with Crippen LogP contribution in [-0.2, 0) is 9.53 Å². The second-order valence-corrected chi connectivity index (χ2v) is 10.8. The summed E-state index contributed by atoms with van der Waals surface area (Å²) in [6, 6.07) is 14.5. The van der Waals surface area contributed by atoms with E-state index in [-0.39, 0.29) is 28.9 Å². The van der Waals surface area contributed by atoms with Crippen molar-refractivity contribution in [3.8, 4) is 28.6 Å². The Morgan fingerprint density at radius 1 is 1.00 bits per heavy atom. The van der Waals surface area contributed by atoms with Crippen LogP contribution in [0, 0.1) is 6.92 Å². The third-order valence-corrected chi connectivity index (χ3v) is 7.12. The molecular formula is C34H38ClN3O6. The molecule has 0 amide bonds. The third kappa shape index (κ3) is 7.05. The molecule has 0 spiro atoms. The van der Waals surface area contributed by atoms with Gasteiger partial charge in [-0.2, -0.15) is 9.78 Å². The number of esters is 1. The van der Waals surface area contributed by atoms with Crippen molar-refractivity contribution < 1.29 is 23.7 Å². The first-order valence-electron chi connectivity index (χ1n) is 14.7. The lowest BCUT2D eigenvalue weighted by atomic mass is 9.96. The van der Waals surface area contributed by atoms with Crippen LogP contribution in [0.15, 0.2) is 58.4 Å². The summed E-state index contributed by atoms with van der Waals surface area (Å²) in [5.41, 5.74) is 3.46. The summed E-state index contributed by atoms with van der Waals surface area (Å²) in [6.07, 6.45) is 0.616. The molecule has 9 nitrogen and oxygen atoms in total. The van der Waals surface area contributed by atoms with Crippen LogP contribution in [0.25, 0.3) is 22.3 Å². The Labute approximate surface area is 262 Å². The molecule has 4 rings (SSSR count). The van der Waals surface area contributed by atoms with E-state index >= 15 is 0 Å². The predicted molar refractivity (Wildman–Crippen MR) is 174 cm³/mol. The number of hydrogen-bond donors (Lipinski definition) is 0. The Kier molecular flexibility index (Phi) is 10.7. The van der Waals surface area contributed by atoms with Crippen molar-refractivity contribution in [3.05, 3.63) is 80.6 Å². The molecule has 0 radical (unpaired) electrons.